The third-order valence-electron chi connectivity index (χ3n) is 3.67. The number of hydrogen-bond acceptors (Lipinski definition) is 4. The summed E-state index contributed by atoms with van der Waals surface area (Å²) in [5.41, 5.74) is 8.02. The number of ether oxygens (including phenoxy) is 1. The molecule has 0 unspecified atom stereocenters. The molecule has 106 valence electrons. The summed E-state index contributed by atoms with van der Waals surface area (Å²) in [4.78, 5) is 2.34. The second-order valence-corrected chi connectivity index (χ2v) is 5.19. The first kappa shape index (κ1) is 13.2. The van der Waals surface area contributed by atoms with Crippen molar-refractivity contribution >= 4 is 0 Å². The molecule has 0 fully saturated rings. The van der Waals surface area contributed by atoms with E-state index in [1.165, 1.54) is 5.56 Å². The van der Waals surface area contributed by atoms with E-state index in [0.717, 1.165) is 42.5 Å². The zero-order valence-corrected chi connectivity index (χ0v) is 11.8. The fraction of sp³-hybridized carbons (Fsp3) is 0.375. The SMILES string of the molecule is Cc1cc(CN2CCOc3ccccc3C2)oc1CN. The van der Waals surface area contributed by atoms with Gasteiger partial charge in [-0.15, -0.1) is 0 Å². The smallest absolute Gasteiger partial charge is 0.123 e. The van der Waals surface area contributed by atoms with Gasteiger partial charge >= 0.3 is 0 Å². The third kappa shape index (κ3) is 2.71. The molecule has 4 nitrogen and oxygen atoms in total. The van der Waals surface area contributed by atoms with Crippen LogP contribution in [0.25, 0.3) is 0 Å². The van der Waals surface area contributed by atoms with Gasteiger partial charge in [-0.1, -0.05) is 18.2 Å². The Balaban J connectivity index is 1.74. The first-order valence-corrected chi connectivity index (χ1v) is 6.97. The predicted molar refractivity (Wildman–Crippen MR) is 77.4 cm³/mol. The molecule has 2 heterocycles. The normalized spacial score (nSPS) is 15.5. The molecule has 0 spiro atoms. The average Bonchev–Trinajstić information content (AvgIpc) is 2.68. The number of benzene rings is 1. The fourth-order valence-electron chi connectivity index (χ4n) is 2.61. The summed E-state index contributed by atoms with van der Waals surface area (Å²) in [6, 6.07) is 10.3. The van der Waals surface area contributed by atoms with Crippen LogP contribution in [0.15, 0.2) is 34.7 Å². The maximum atomic E-state index is 5.79. The van der Waals surface area contributed by atoms with E-state index in [9.17, 15) is 0 Å². The van der Waals surface area contributed by atoms with Crippen LogP contribution in [0.4, 0.5) is 0 Å². The number of nitrogens with zero attached hydrogens (tertiary/aromatic N) is 1. The number of aryl methyl sites for hydroxylation is 1. The second-order valence-electron chi connectivity index (χ2n) is 5.19. The minimum Gasteiger partial charge on any atom is -0.492 e. The molecule has 1 aliphatic rings. The van der Waals surface area contributed by atoms with Crippen LogP contribution in [0.3, 0.4) is 0 Å². The van der Waals surface area contributed by atoms with E-state index in [4.69, 9.17) is 14.9 Å². The molecule has 3 rings (SSSR count). The molecule has 0 saturated carbocycles. The largest absolute Gasteiger partial charge is 0.492 e. The Bertz CT molecular complexity index is 592. The van der Waals surface area contributed by atoms with E-state index < -0.39 is 0 Å². The summed E-state index contributed by atoms with van der Waals surface area (Å²) in [7, 11) is 0. The fourth-order valence-corrected chi connectivity index (χ4v) is 2.61. The molecule has 0 saturated heterocycles. The van der Waals surface area contributed by atoms with Crippen molar-refractivity contribution in [2.45, 2.75) is 26.6 Å². The van der Waals surface area contributed by atoms with Crippen LogP contribution in [0.1, 0.15) is 22.6 Å². The van der Waals surface area contributed by atoms with Crippen LogP contribution in [-0.4, -0.2) is 18.1 Å². The molecule has 0 amide bonds. The lowest BCUT2D eigenvalue weighted by atomic mass is 10.2. The zero-order valence-electron chi connectivity index (χ0n) is 11.8. The van der Waals surface area contributed by atoms with Crippen molar-refractivity contribution in [3.05, 3.63) is 53.0 Å². The van der Waals surface area contributed by atoms with Gasteiger partial charge in [-0.2, -0.15) is 0 Å². The standard InChI is InChI=1S/C16H20N2O2/c1-12-8-14(20-16(12)9-17)11-18-6-7-19-15-5-3-2-4-13(15)10-18/h2-5,8H,6-7,9-11,17H2,1H3. The quantitative estimate of drug-likeness (QED) is 0.932. The van der Waals surface area contributed by atoms with Gasteiger partial charge in [0.15, 0.2) is 0 Å². The molecule has 1 aromatic carbocycles. The second kappa shape index (κ2) is 5.69. The summed E-state index contributed by atoms with van der Waals surface area (Å²) in [5, 5.41) is 0. The Hall–Kier alpha value is -1.78. The van der Waals surface area contributed by atoms with E-state index in [0.29, 0.717) is 13.2 Å². The Morgan fingerprint density at radius 3 is 2.95 bits per heavy atom. The van der Waals surface area contributed by atoms with Crippen LogP contribution in [0.5, 0.6) is 5.75 Å². The van der Waals surface area contributed by atoms with Crippen molar-refractivity contribution in [1.82, 2.24) is 4.90 Å². The molecular weight excluding hydrogens is 252 g/mol. The van der Waals surface area contributed by atoms with Gasteiger partial charge in [-0.05, 0) is 24.6 Å². The van der Waals surface area contributed by atoms with Crippen LogP contribution in [0, 0.1) is 6.92 Å². The summed E-state index contributed by atoms with van der Waals surface area (Å²) in [6.07, 6.45) is 0. The molecule has 4 heteroatoms. The van der Waals surface area contributed by atoms with Crippen molar-refractivity contribution in [3.63, 3.8) is 0 Å². The minimum atomic E-state index is 0.456. The highest BCUT2D eigenvalue weighted by Crippen LogP contribution is 2.24. The molecule has 0 radical (unpaired) electrons. The maximum Gasteiger partial charge on any atom is 0.123 e. The summed E-state index contributed by atoms with van der Waals surface area (Å²) in [6.45, 7) is 5.77. The van der Waals surface area contributed by atoms with Gasteiger partial charge < -0.3 is 14.9 Å². The van der Waals surface area contributed by atoms with E-state index in [-0.39, 0.29) is 0 Å². The van der Waals surface area contributed by atoms with Crippen molar-refractivity contribution < 1.29 is 9.15 Å². The average molecular weight is 272 g/mol. The number of para-hydroxylation sites is 1. The minimum absolute atomic E-state index is 0.456. The van der Waals surface area contributed by atoms with Crippen molar-refractivity contribution in [2.75, 3.05) is 13.2 Å². The monoisotopic (exact) mass is 272 g/mol. The molecule has 1 aliphatic heterocycles. The lowest BCUT2D eigenvalue weighted by molar-refractivity contribution is 0.205. The molecule has 0 atom stereocenters. The van der Waals surface area contributed by atoms with Gasteiger partial charge in [-0.3, -0.25) is 4.90 Å². The molecule has 2 aromatic rings. The zero-order chi connectivity index (χ0) is 13.9. The van der Waals surface area contributed by atoms with Crippen LogP contribution in [-0.2, 0) is 19.6 Å². The van der Waals surface area contributed by atoms with E-state index in [1.54, 1.807) is 0 Å². The summed E-state index contributed by atoms with van der Waals surface area (Å²) in [5.74, 6) is 2.85. The summed E-state index contributed by atoms with van der Waals surface area (Å²) < 4.78 is 11.6. The van der Waals surface area contributed by atoms with E-state index in [2.05, 4.69) is 23.1 Å². The van der Waals surface area contributed by atoms with Gasteiger partial charge in [0.05, 0.1) is 13.1 Å². The number of rotatable bonds is 3. The van der Waals surface area contributed by atoms with Gasteiger partial charge in [0, 0.05) is 18.7 Å². The molecule has 20 heavy (non-hydrogen) atoms. The molecule has 0 aliphatic carbocycles. The molecule has 2 N–H and O–H groups in total. The Morgan fingerprint density at radius 2 is 2.15 bits per heavy atom. The third-order valence-corrected chi connectivity index (χ3v) is 3.67. The Labute approximate surface area is 119 Å². The molecular formula is C16H20N2O2. The van der Waals surface area contributed by atoms with Crippen molar-refractivity contribution in [1.29, 1.82) is 0 Å². The van der Waals surface area contributed by atoms with E-state index >= 15 is 0 Å². The van der Waals surface area contributed by atoms with Crippen molar-refractivity contribution in [2.24, 2.45) is 5.73 Å². The van der Waals surface area contributed by atoms with Crippen LogP contribution < -0.4 is 10.5 Å². The summed E-state index contributed by atoms with van der Waals surface area (Å²) >= 11 is 0. The number of furan rings is 1. The number of hydrogen-bond donors (Lipinski definition) is 1. The highest BCUT2D eigenvalue weighted by atomic mass is 16.5. The van der Waals surface area contributed by atoms with Gasteiger partial charge in [0.2, 0.25) is 0 Å². The maximum absolute atomic E-state index is 5.79. The Kier molecular flexibility index (Phi) is 3.76. The molecule has 1 aromatic heterocycles. The van der Waals surface area contributed by atoms with Gasteiger partial charge in [0.1, 0.15) is 23.9 Å². The first-order chi connectivity index (χ1) is 9.76. The Morgan fingerprint density at radius 1 is 1.30 bits per heavy atom. The number of fused-ring (bicyclic) bond motifs is 1. The van der Waals surface area contributed by atoms with Crippen molar-refractivity contribution in [3.8, 4) is 5.75 Å². The number of nitrogens with two attached hydrogens (primary N) is 1. The van der Waals surface area contributed by atoms with Gasteiger partial charge in [-0.25, -0.2) is 0 Å². The lowest BCUT2D eigenvalue weighted by Gasteiger charge is -2.17. The van der Waals surface area contributed by atoms with Gasteiger partial charge in [0.25, 0.3) is 0 Å². The van der Waals surface area contributed by atoms with E-state index in [1.807, 2.05) is 19.1 Å². The predicted octanol–water partition coefficient (Wildman–Crippen LogP) is 2.44. The first-order valence-electron chi connectivity index (χ1n) is 6.97. The topological polar surface area (TPSA) is 51.6 Å². The highest BCUT2D eigenvalue weighted by Gasteiger charge is 2.17. The van der Waals surface area contributed by atoms with Crippen LogP contribution >= 0.6 is 0 Å². The lowest BCUT2D eigenvalue weighted by Crippen LogP contribution is -2.25. The van der Waals surface area contributed by atoms with Crippen LogP contribution in [0.2, 0.25) is 0 Å². The highest BCUT2D eigenvalue weighted by molar-refractivity contribution is 5.33. The molecule has 0 bridgehead atoms.